The maximum absolute atomic E-state index is 12.6. The lowest BCUT2D eigenvalue weighted by molar-refractivity contribution is -0.0503. The van der Waals surface area contributed by atoms with Crippen molar-refractivity contribution in [1.82, 2.24) is 39.0 Å². The number of nitrogens with two attached hydrogens (primary N) is 2. The lowest BCUT2D eigenvalue weighted by Gasteiger charge is -2.23. The third-order valence-electron chi connectivity index (χ3n) is 7.45. The lowest BCUT2D eigenvalue weighted by Crippen LogP contribution is -2.33. The standard InChI is InChI=1S/C20H27BN10O18P4/c21-50(36,43-1-7-11(32)13(34)19(45-7)30-5-28-9-15(22)24-3-26-17(9)30)47-52(39,40)49-53(41,42)48-51(37,38)44-2-8-12(33)14(35)20(46-8)31-6-29-10-16(23)25-4-27-18(10)31/h3-8,11-14,19-20,32-35H,1-2H2,(H,37,38)(H,39,40)(H,41,42)(H2,22,24,26)(H2,23,25,27)/t7-,8-,11-,12-,13-,14-,19-,20-,50?/m1/s1. The number of aromatic nitrogens is 8. The van der Waals surface area contributed by atoms with Crippen LogP contribution in [0.15, 0.2) is 25.3 Å². The summed E-state index contributed by atoms with van der Waals surface area (Å²) in [6.07, 6.45) is -8.25. The van der Waals surface area contributed by atoms with Crippen molar-refractivity contribution < 1.29 is 84.8 Å². The van der Waals surface area contributed by atoms with E-state index in [1.54, 1.807) is 0 Å². The van der Waals surface area contributed by atoms with Crippen molar-refractivity contribution in [3.05, 3.63) is 25.3 Å². The normalized spacial score (nSPS) is 30.9. The summed E-state index contributed by atoms with van der Waals surface area (Å²) in [5.41, 5.74) is 11.9. The highest BCUT2D eigenvalue weighted by atomic mass is 31.3. The minimum atomic E-state index is -6.14. The first-order chi connectivity index (χ1) is 24.7. The van der Waals surface area contributed by atoms with Gasteiger partial charge < -0.3 is 60.6 Å². The van der Waals surface area contributed by atoms with Gasteiger partial charge in [0.1, 0.15) is 60.3 Å². The minimum Gasteiger partial charge on any atom is -0.387 e. The zero-order valence-corrected chi connectivity index (χ0v) is 29.6. The SMILES string of the molecule is [B]P(=O)(OC[C@H]1O[C@@H](n2cnc3c(N)ncnc32)[C@H](O)[C@@H]1O)OP(=O)(O)OP(=O)(O)OP(=O)(O)OC[C@H]1O[C@@H](n2cnc3c(N)ncnc32)[C@H](O)[C@@H]1O. The van der Waals surface area contributed by atoms with Crippen LogP contribution in [0.25, 0.3) is 22.3 Å². The topological polar surface area (TPSA) is 414 Å². The van der Waals surface area contributed by atoms with Crippen LogP contribution in [0, 0.1) is 0 Å². The summed E-state index contributed by atoms with van der Waals surface area (Å²) in [5, 5.41) is 41.9. The van der Waals surface area contributed by atoms with Gasteiger partial charge in [0.2, 0.25) is 7.57 Å². The molecule has 0 bridgehead atoms. The lowest BCUT2D eigenvalue weighted by atomic mass is 10.1. The second kappa shape index (κ2) is 14.7. The van der Waals surface area contributed by atoms with E-state index in [4.69, 9.17) is 33.0 Å². The van der Waals surface area contributed by atoms with Gasteiger partial charge >= 0.3 is 23.5 Å². The molecule has 288 valence electrons. The van der Waals surface area contributed by atoms with Gasteiger partial charge in [-0.15, -0.1) is 0 Å². The molecule has 53 heavy (non-hydrogen) atoms. The van der Waals surface area contributed by atoms with E-state index >= 15 is 0 Å². The third-order valence-corrected chi connectivity index (χ3v) is 13.5. The summed E-state index contributed by atoms with van der Waals surface area (Å²) in [5.74, 6) is -0.00498. The number of nitrogens with zero attached hydrogens (tertiary/aromatic N) is 8. The van der Waals surface area contributed by atoms with Crippen molar-refractivity contribution in [3.8, 4) is 0 Å². The molecule has 6 heterocycles. The van der Waals surface area contributed by atoms with Crippen LogP contribution in [0.4, 0.5) is 11.6 Å². The number of phosphoric ester groups is 1. The molecule has 28 nitrogen and oxygen atoms in total. The maximum Gasteiger partial charge on any atom is 0.490 e. The Labute approximate surface area is 295 Å². The van der Waals surface area contributed by atoms with Crippen molar-refractivity contribution in [1.29, 1.82) is 0 Å². The Morgan fingerprint density at radius 3 is 1.53 bits per heavy atom. The van der Waals surface area contributed by atoms with E-state index in [-0.39, 0.29) is 34.0 Å². The Kier molecular flexibility index (Phi) is 11.0. The Morgan fingerprint density at radius 2 is 1.06 bits per heavy atom. The Balaban J connectivity index is 1.01. The number of aliphatic hydroxyl groups excluding tert-OH is 4. The molecule has 4 aromatic rings. The largest absolute Gasteiger partial charge is 0.490 e. The van der Waals surface area contributed by atoms with Crippen molar-refractivity contribution in [2.45, 2.75) is 49.1 Å². The van der Waals surface area contributed by atoms with E-state index in [1.807, 2.05) is 0 Å². The summed E-state index contributed by atoms with van der Waals surface area (Å²) >= 11 is 0. The van der Waals surface area contributed by atoms with Crippen LogP contribution in [0.2, 0.25) is 0 Å². The van der Waals surface area contributed by atoms with E-state index in [1.165, 1.54) is 15.5 Å². The quantitative estimate of drug-likeness (QED) is 0.0478. The van der Waals surface area contributed by atoms with Crippen LogP contribution in [0.3, 0.4) is 0 Å². The van der Waals surface area contributed by atoms with Gasteiger partial charge in [0.25, 0.3) is 7.47 Å². The number of hydrogen-bond donors (Lipinski definition) is 9. The number of ether oxygens (including phenoxy) is 2. The Hall–Kier alpha value is -2.88. The number of rotatable bonds is 14. The van der Waals surface area contributed by atoms with Crippen molar-refractivity contribution in [3.63, 3.8) is 0 Å². The van der Waals surface area contributed by atoms with Crippen molar-refractivity contribution in [2.24, 2.45) is 0 Å². The molecule has 2 radical (unpaired) electrons. The molecular formula is C20H27BN10O18P4. The molecule has 2 aliphatic heterocycles. The second-order valence-corrected chi connectivity index (χ2v) is 17.4. The number of phosphoric acid groups is 3. The fraction of sp³-hybridized carbons (Fsp3) is 0.500. The molecule has 12 atom stereocenters. The van der Waals surface area contributed by atoms with Crippen LogP contribution in [-0.2, 0) is 49.7 Å². The third kappa shape index (κ3) is 8.52. The number of aliphatic hydroxyl groups is 4. The van der Waals surface area contributed by atoms with E-state index in [2.05, 4.69) is 47.4 Å². The first kappa shape index (κ1) is 39.8. The van der Waals surface area contributed by atoms with Crippen molar-refractivity contribution >= 4 is 72.5 Å². The molecule has 6 rings (SSSR count). The van der Waals surface area contributed by atoms with Gasteiger partial charge in [-0.3, -0.25) is 18.2 Å². The van der Waals surface area contributed by atoms with Crippen LogP contribution in [0.1, 0.15) is 12.5 Å². The molecule has 0 aliphatic carbocycles. The second-order valence-electron chi connectivity index (χ2n) is 11.0. The molecule has 0 aromatic carbocycles. The summed E-state index contributed by atoms with van der Waals surface area (Å²) in [6, 6.07) is 0. The minimum absolute atomic E-state index is 0.00231. The predicted octanol–water partition coefficient (Wildman–Crippen LogP) is -2.27. The van der Waals surface area contributed by atoms with Gasteiger partial charge in [-0.1, -0.05) is 0 Å². The van der Waals surface area contributed by atoms with Crippen LogP contribution in [-0.4, -0.2) is 132 Å². The average Bonchev–Trinajstić information content (AvgIpc) is 3.80. The molecular weight excluding hydrogens is 803 g/mol. The highest BCUT2D eigenvalue weighted by Gasteiger charge is 2.49. The molecule has 33 heteroatoms. The molecule has 2 saturated heterocycles. The van der Waals surface area contributed by atoms with E-state index in [9.17, 15) is 53.4 Å². The predicted molar refractivity (Wildman–Crippen MR) is 169 cm³/mol. The van der Waals surface area contributed by atoms with Gasteiger partial charge in [0, 0.05) is 0 Å². The number of hydrogen-bond acceptors (Lipinski definition) is 23. The van der Waals surface area contributed by atoms with Gasteiger partial charge in [0.05, 0.1) is 25.9 Å². The number of anilines is 2. The monoisotopic (exact) mass is 830 g/mol. The molecule has 4 aromatic heterocycles. The fourth-order valence-electron chi connectivity index (χ4n) is 5.13. The van der Waals surface area contributed by atoms with Crippen LogP contribution >= 0.6 is 30.9 Å². The molecule has 0 saturated carbocycles. The molecule has 0 amide bonds. The molecule has 11 N–H and O–H groups in total. The number of fused-ring (bicyclic) bond motifs is 2. The maximum atomic E-state index is 12.6. The summed E-state index contributed by atoms with van der Waals surface area (Å²) < 4.78 is 84.5. The van der Waals surface area contributed by atoms with E-state index in [0.717, 1.165) is 19.0 Å². The van der Waals surface area contributed by atoms with Crippen LogP contribution < -0.4 is 11.5 Å². The Bertz CT molecular complexity index is 2050. The van der Waals surface area contributed by atoms with Gasteiger partial charge in [-0.2, -0.15) is 8.62 Å². The molecule has 2 fully saturated rings. The van der Waals surface area contributed by atoms with E-state index in [0.29, 0.717) is 0 Å². The Morgan fingerprint density at radius 1 is 0.642 bits per heavy atom. The highest BCUT2D eigenvalue weighted by Crippen LogP contribution is 2.71. The van der Waals surface area contributed by atoms with E-state index < -0.39 is 93.2 Å². The molecule has 0 spiro atoms. The molecule has 4 unspecified atom stereocenters. The van der Waals surface area contributed by atoms with Gasteiger partial charge in [-0.25, -0.2) is 47.9 Å². The zero-order valence-electron chi connectivity index (χ0n) is 26.1. The summed E-state index contributed by atoms with van der Waals surface area (Å²) in [6.45, 7) is -2.07. The summed E-state index contributed by atoms with van der Waals surface area (Å²) in [7, 11) is -17.9. The molecule has 2 aliphatic rings. The average molecular weight is 830 g/mol. The smallest absolute Gasteiger partial charge is 0.387 e. The van der Waals surface area contributed by atoms with Crippen molar-refractivity contribution in [2.75, 3.05) is 24.7 Å². The number of imidazole rings is 2. The summed E-state index contributed by atoms with van der Waals surface area (Å²) in [4.78, 5) is 53.3. The number of nitrogen functional groups attached to an aromatic ring is 2. The highest BCUT2D eigenvalue weighted by molar-refractivity contribution is 7.84. The van der Waals surface area contributed by atoms with Gasteiger partial charge in [0.15, 0.2) is 35.4 Å². The zero-order chi connectivity index (χ0) is 38.7. The van der Waals surface area contributed by atoms with Crippen LogP contribution in [0.5, 0.6) is 0 Å². The first-order valence-electron chi connectivity index (χ1n) is 14.4. The fourth-order valence-corrected chi connectivity index (χ4v) is 10.2. The van der Waals surface area contributed by atoms with Gasteiger partial charge in [-0.05, 0) is 0 Å². The first-order valence-corrected chi connectivity index (χ1v) is 20.5.